The van der Waals surface area contributed by atoms with E-state index in [9.17, 15) is 13.2 Å². The number of sulfonamides is 1. The van der Waals surface area contributed by atoms with Crippen LogP contribution < -0.4 is 10.2 Å². The van der Waals surface area contributed by atoms with Crippen LogP contribution in [0, 0.1) is 0 Å². The molecule has 1 amide bonds. The van der Waals surface area contributed by atoms with Crippen LogP contribution in [0.3, 0.4) is 0 Å². The molecule has 0 radical (unpaired) electrons. The summed E-state index contributed by atoms with van der Waals surface area (Å²) in [5, 5.41) is 3.69. The number of anilines is 2. The van der Waals surface area contributed by atoms with Gasteiger partial charge in [0.25, 0.3) is 0 Å². The van der Waals surface area contributed by atoms with Crippen molar-refractivity contribution in [1.29, 1.82) is 0 Å². The lowest BCUT2D eigenvalue weighted by molar-refractivity contribution is -0.114. The van der Waals surface area contributed by atoms with E-state index in [1.165, 1.54) is 17.5 Å². The lowest BCUT2D eigenvalue weighted by Crippen LogP contribution is -2.47. The predicted molar refractivity (Wildman–Crippen MR) is 140 cm³/mol. The lowest BCUT2D eigenvalue weighted by atomic mass is 10.2. The highest BCUT2D eigenvalue weighted by Gasteiger charge is 2.25. The molecule has 11 nitrogen and oxygen atoms in total. The van der Waals surface area contributed by atoms with E-state index < -0.39 is 10.0 Å². The van der Waals surface area contributed by atoms with Gasteiger partial charge in [0.15, 0.2) is 5.82 Å². The van der Waals surface area contributed by atoms with E-state index >= 15 is 0 Å². The van der Waals surface area contributed by atoms with Crippen molar-refractivity contribution in [3.8, 4) is 11.4 Å². The van der Waals surface area contributed by atoms with Gasteiger partial charge in [-0.05, 0) is 18.2 Å². The second-order valence-corrected chi connectivity index (χ2v) is 12.1. The van der Waals surface area contributed by atoms with Gasteiger partial charge in [-0.1, -0.05) is 0 Å². The van der Waals surface area contributed by atoms with Crippen LogP contribution in [0.1, 0.15) is 11.8 Å². The normalized spacial score (nSPS) is 18.0. The molecule has 0 bridgehead atoms. The van der Waals surface area contributed by atoms with Gasteiger partial charge >= 0.3 is 0 Å². The van der Waals surface area contributed by atoms with E-state index in [-0.39, 0.29) is 5.91 Å². The Morgan fingerprint density at radius 1 is 1.11 bits per heavy atom. The number of aromatic nitrogens is 3. The van der Waals surface area contributed by atoms with Crippen molar-refractivity contribution in [2.45, 2.75) is 13.5 Å². The minimum atomic E-state index is -3.15. The number of thiophene rings is 1. The molecule has 0 unspecified atom stereocenters. The number of rotatable bonds is 6. The average molecular weight is 532 g/mol. The first-order valence-corrected chi connectivity index (χ1v) is 14.5. The third-order valence-electron chi connectivity index (χ3n) is 6.24. The summed E-state index contributed by atoms with van der Waals surface area (Å²) < 4.78 is 30.7. The molecule has 192 valence electrons. The molecule has 3 aromatic rings. The maximum atomic E-state index is 11.8. The predicted octanol–water partition coefficient (Wildman–Crippen LogP) is 1.63. The highest BCUT2D eigenvalue weighted by molar-refractivity contribution is 7.88. The largest absolute Gasteiger partial charge is 0.378 e. The van der Waals surface area contributed by atoms with Gasteiger partial charge in [0.05, 0.1) is 24.9 Å². The monoisotopic (exact) mass is 531 g/mol. The zero-order chi connectivity index (χ0) is 25.3. The molecule has 2 aliphatic heterocycles. The van der Waals surface area contributed by atoms with Crippen molar-refractivity contribution >= 4 is 49.1 Å². The van der Waals surface area contributed by atoms with Crippen LogP contribution in [-0.2, 0) is 26.1 Å². The topological polar surface area (TPSA) is 121 Å². The highest BCUT2D eigenvalue weighted by Crippen LogP contribution is 2.34. The molecule has 2 fully saturated rings. The summed E-state index contributed by atoms with van der Waals surface area (Å²) in [7, 11) is -3.15. The summed E-state index contributed by atoms with van der Waals surface area (Å²) in [6.07, 6.45) is 2.94. The van der Waals surface area contributed by atoms with Crippen LogP contribution in [0.2, 0.25) is 0 Å². The maximum absolute atomic E-state index is 11.8. The van der Waals surface area contributed by atoms with Crippen LogP contribution in [0.15, 0.2) is 24.4 Å². The first-order valence-electron chi connectivity index (χ1n) is 11.8. The molecule has 0 saturated carbocycles. The Balaban J connectivity index is 1.43. The number of hydrogen-bond acceptors (Lipinski definition) is 10. The summed E-state index contributed by atoms with van der Waals surface area (Å²) in [5.74, 6) is 1.77. The highest BCUT2D eigenvalue weighted by atomic mass is 32.2. The first-order chi connectivity index (χ1) is 17.3. The second-order valence-electron chi connectivity index (χ2n) is 8.95. The molecule has 2 aliphatic rings. The fraction of sp³-hybridized carbons (Fsp3) is 0.478. The van der Waals surface area contributed by atoms with Gasteiger partial charge in [0, 0.05) is 69.4 Å². The van der Waals surface area contributed by atoms with Crippen LogP contribution in [0.25, 0.3) is 21.6 Å². The molecule has 36 heavy (non-hydrogen) atoms. The quantitative estimate of drug-likeness (QED) is 0.506. The Hall–Kier alpha value is -2.71. The molecule has 3 aromatic heterocycles. The molecular weight excluding hydrogens is 502 g/mol. The molecular formula is C23H29N7O4S2. The zero-order valence-corrected chi connectivity index (χ0v) is 21.9. The fourth-order valence-corrected chi connectivity index (χ4v) is 6.29. The van der Waals surface area contributed by atoms with Crippen LogP contribution >= 0.6 is 11.3 Å². The van der Waals surface area contributed by atoms with Gasteiger partial charge in [0.1, 0.15) is 16.5 Å². The number of morpholine rings is 1. The van der Waals surface area contributed by atoms with Gasteiger partial charge in [-0.15, -0.1) is 11.3 Å². The second kappa shape index (κ2) is 10.3. The number of pyridine rings is 1. The molecule has 13 heteroatoms. The Morgan fingerprint density at radius 2 is 1.86 bits per heavy atom. The van der Waals surface area contributed by atoms with Crippen molar-refractivity contribution in [3.63, 3.8) is 0 Å². The number of carbonyl (C=O) groups excluding carboxylic acids is 1. The van der Waals surface area contributed by atoms with E-state index in [1.807, 2.05) is 6.07 Å². The molecule has 0 atom stereocenters. The van der Waals surface area contributed by atoms with Crippen molar-refractivity contribution in [3.05, 3.63) is 29.3 Å². The Labute approximate surface area is 214 Å². The van der Waals surface area contributed by atoms with Gasteiger partial charge in [-0.25, -0.2) is 23.4 Å². The van der Waals surface area contributed by atoms with Crippen LogP contribution in [0.4, 0.5) is 11.6 Å². The van der Waals surface area contributed by atoms with Crippen LogP contribution in [-0.4, -0.2) is 97.2 Å². The zero-order valence-electron chi connectivity index (χ0n) is 20.3. The maximum Gasteiger partial charge on any atom is 0.222 e. The van der Waals surface area contributed by atoms with E-state index in [4.69, 9.17) is 14.7 Å². The lowest BCUT2D eigenvalue weighted by Gasteiger charge is -2.32. The number of hydrogen-bond donors (Lipinski definition) is 1. The van der Waals surface area contributed by atoms with Crippen LogP contribution in [0.5, 0.6) is 0 Å². The molecule has 2 saturated heterocycles. The Kier molecular flexibility index (Phi) is 7.17. The van der Waals surface area contributed by atoms with Gasteiger partial charge in [0.2, 0.25) is 15.9 Å². The molecule has 0 aliphatic carbocycles. The van der Waals surface area contributed by atoms with Crippen molar-refractivity contribution in [2.75, 3.05) is 69.0 Å². The van der Waals surface area contributed by atoms with Crippen molar-refractivity contribution in [2.24, 2.45) is 0 Å². The average Bonchev–Trinajstić information content (AvgIpc) is 3.26. The van der Waals surface area contributed by atoms with Crippen molar-refractivity contribution in [1.82, 2.24) is 24.2 Å². The number of fused-ring (bicyclic) bond motifs is 1. The smallest absolute Gasteiger partial charge is 0.222 e. The number of ether oxygens (including phenoxy) is 1. The minimum Gasteiger partial charge on any atom is -0.378 e. The molecule has 5 rings (SSSR count). The number of carbonyl (C=O) groups is 1. The van der Waals surface area contributed by atoms with E-state index in [0.717, 1.165) is 46.1 Å². The number of amides is 1. The molecule has 0 spiro atoms. The number of nitrogens with one attached hydrogen (secondary N) is 1. The van der Waals surface area contributed by atoms with E-state index in [2.05, 4.69) is 26.2 Å². The number of nitrogens with zero attached hydrogens (tertiary/aromatic N) is 6. The SMILES string of the molecule is CC(=O)Nc1ccc(-c2nc(N3CCOCC3)c3cc(CN4CCN(S(C)(=O)=O)CC4)sc3n2)cn1. The summed E-state index contributed by atoms with van der Waals surface area (Å²) in [5.41, 5.74) is 0.771. The van der Waals surface area contributed by atoms with E-state index in [1.54, 1.807) is 23.6 Å². The Bertz CT molecular complexity index is 1350. The molecule has 0 aromatic carbocycles. The van der Waals surface area contributed by atoms with Gasteiger partial charge in [-0.3, -0.25) is 9.69 Å². The third kappa shape index (κ3) is 5.65. The summed E-state index contributed by atoms with van der Waals surface area (Å²) in [6, 6.07) is 5.77. The Morgan fingerprint density at radius 3 is 2.50 bits per heavy atom. The van der Waals surface area contributed by atoms with Crippen molar-refractivity contribution < 1.29 is 17.9 Å². The van der Waals surface area contributed by atoms with E-state index in [0.29, 0.717) is 51.0 Å². The molecule has 1 N–H and O–H groups in total. The number of piperazine rings is 1. The standard InChI is InChI=1S/C23H29N7O4S2/c1-16(31)25-20-4-3-17(14-24-20)21-26-22(29-9-11-34-12-10-29)19-13-18(35-23(19)27-21)15-28-5-7-30(8-6-28)36(2,32)33/h3-4,13-14H,5-12,15H2,1-2H3,(H,24,25,31). The third-order valence-corrected chi connectivity index (χ3v) is 8.56. The fourth-order valence-electron chi connectivity index (χ4n) is 4.40. The first kappa shape index (κ1) is 25.0. The summed E-state index contributed by atoms with van der Waals surface area (Å²) in [4.78, 5) is 32.0. The molecule has 5 heterocycles. The summed E-state index contributed by atoms with van der Waals surface area (Å²) >= 11 is 1.64. The summed E-state index contributed by atoms with van der Waals surface area (Å²) in [6.45, 7) is 7.40. The minimum absolute atomic E-state index is 0.175. The van der Waals surface area contributed by atoms with Gasteiger partial charge in [-0.2, -0.15) is 4.31 Å². The van der Waals surface area contributed by atoms with Gasteiger partial charge < -0.3 is 15.0 Å².